The summed E-state index contributed by atoms with van der Waals surface area (Å²) in [5.41, 5.74) is 2.27. The van der Waals surface area contributed by atoms with Crippen molar-refractivity contribution in [2.75, 3.05) is 18.5 Å². The Kier molecular flexibility index (Phi) is 7.52. The van der Waals surface area contributed by atoms with Crippen molar-refractivity contribution in [3.8, 4) is 0 Å². The van der Waals surface area contributed by atoms with Crippen molar-refractivity contribution in [3.05, 3.63) is 101 Å². The Hall–Kier alpha value is -3.95. The van der Waals surface area contributed by atoms with Crippen molar-refractivity contribution >= 4 is 23.2 Å². The first-order valence-electron chi connectivity index (χ1n) is 11.4. The van der Waals surface area contributed by atoms with E-state index in [9.17, 15) is 23.5 Å². The molecule has 0 radical (unpaired) electrons. The summed E-state index contributed by atoms with van der Waals surface area (Å²) < 4.78 is 27.9. The number of carbonyl (C=O) groups is 2. The standard InChI is InChI=1S/C27H26F2N4O3/c1-16(30-15-22(34)23-19(28)12-8-13-20(23)29)26(35)32-25-27(36)33(2)21-14-7-6-11-18(21)24(31-25)17-9-4-3-5-10-17/h3-14,16,22,25,30,34H,15H2,1-2H3,(H,32,35)/t16-,22+,25?/m0/s1. The summed E-state index contributed by atoms with van der Waals surface area (Å²) in [5, 5.41) is 15.7. The Labute approximate surface area is 207 Å². The highest BCUT2D eigenvalue weighted by Crippen LogP contribution is 2.27. The fourth-order valence-electron chi connectivity index (χ4n) is 4.01. The topological polar surface area (TPSA) is 94.0 Å². The zero-order chi connectivity index (χ0) is 25.8. The van der Waals surface area contributed by atoms with Gasteiger partial charge in [0.15, 0.2) is 0 Å². The molecule has 2 amide bonds. The minimum Gasteiger partial charge on any atom is -0.387 e. The Bertz CT molecular complexity index is 1280. The van der Waals surface area contributed by atoms with Crippen molar-refractivity contribution < 1.29 is 23.5 Å². The predicted molar refractivity (Wildman–Crippen MR) is 133 cm³/mol. The van der Waals surface area contributed by atoms with Gasteiger partial charge in [-0.05, 0) is 25.1 Å². The lowest BCUT2D eigenvalue weighted by Crippen LogP contribution is -2.51. The van der Waals surface area contributed by atoms with Crippen molar-refractivity contribution in [3.63, 3.8) is 0 Å². The number of benzodiazepines with no additional fused rings is 1. The molecule has 3 N–H and O–H groups in total. The lowest BCUT2D eigenvalue weighted by Gasteiger charge is -2.23. The molecule has 0 saturated carbocycles. The van der Waals surface area contributed by atoms with Gasteiger partial charge in [-0.1, -0.05) is 54.6 Å². The van der Waals surface area contributed by atoms with E-state index in [2.05, 4.69) is 15.6 Å². The van der Waals surface area contributed by atoms with Crippen LogP contribution in [0.5, 0.6) is 0 Å². The predicted octanol–water partition coefficient (Wildman–Crippen LogP) is 2.93. The second-order valence-electron chi connectivity index (χ2n) is 8.45. The molecule has 0 fully saturated rings. The molecule has 3 atom stereocenters. The quantitative estimate of drug-likeness (QED) is 0.473. The minimum absolute atomic E-state index is 0.283. The van der Waals surface area contributed by atoms with E-state index in [0.717, 1.165) is 23.3 Å². The molecule has 0 aromatic heterocycles. The van der Waals surface area contributed by atoms with Crippen LogP contribution in [-0.2, 0) is 9.59 Å². The number of nitrogens with zero attached hydrogens (tertiary/aromatic N) is 2. The first kappa shape index (κ1) is 25.2. The molecule has 0 aliphatic carbocycles. The van der Waals surface area contributed by atoms with Gasteiger partial charge in [0.25, 0.3) is 5.91 Å². The van der Waals surface area contributed by atoms with Gasteiger partial charge >= 0.3 is 0 Å². The van der Waals surface area contributed by atoms with E-state index < -0.39 is 47.3 Å². The maximum absolute atomic E-state index is 13.9. The molecule has 3 aromatic carbocycles. The lowest BCUT2D eigenvalue weighted by molar-refractivity contribution is -0.128. The van der Waals surface area contributed by atoms with Crippen LogP contribution in [0.25, 0.3) is 0 Å². The molecule has 1 unspecified atom stereocenters. The molecule has 9 heteroatoms. The summed E-state index contributed by atoms with van der Waals surface area (Å²) in [5.74, 6) is -2.75. The molecular formula is C27H26F2N4O3. The van der Waals surface area contributed by atoms with Gasteiger partial charge in [0.1, 0.15) is 11.6 Å². The summed E-state index contributed by atoms with van der Waals surface area (Å²) in [4.78, 5) is 32.2. The van der Waals surface area contributed by atoms with Crippen LogP contribution in [-0.4, -0.2) is 48.4 Å². The third kappa shape index (κ3) is 5.17. The number of aliphatic hydroxyl groups is 1. The number of hydrogen-bond donors (Lipinski definition) is 3. The van der Waals surface area contributed by atoms with Gasteiger partial charge < -0.3 is 20.6 Å². The second-order valence-corrected chi connectivity index (χ2v) is 8.45. The highest BCUT2D eigenvalue weighted by atomic mass is 19.1. The van der Waals surface area contributed by atoms with E-state index in [1.807, 2.05) is 54.6 Å². The maximum Gasteiger partial charge on any atom is 0.272 e. The third-order valence-electron chi connectivity index (χ3n) is 6.01. The molecule has 0 spiro atoms. The van der Waals surface area contributed by atoms with Gasteiger partial charge in [-0.25, -0.2) is 13.8 Å². The Morgan fingerprint density at radius 1 is 1.03 bits per heavy atom. The number of aliphatic hydroxyl groups excluding tert-OH is 1. The van der Waals surface area contributed by atoms with Crippen LogP contribution in [0.2, 0.25) is 0 Å². The molecule has 0 saturated heterocycles. The molecule has 3 aromatic rings. The number of halogens is 2. The van der Waals surface area contributed by atoms with Crippen LogP contribution in [0, 0.1) is 11.6 Å². The van der Waals surface area contributed by atoms with E-state index in [1.54, 1.807) is 7.05 Å². The summed E-state index contributed by atoms with van der Waals surface area (Å²) in [6.45, 7) is 1.23. The Morgan fingerprint density at radius 3 is 2.36 bits per heavy atom. The Balaban J connectivity index is 1.53. The minimum atomic E-state index is -1.51. The molecule has 7 nitrogen and oxygen atoms in total. The summed E-state index contributed by atoms with van der Waals surface area (Å²) in [6, 6.07) is 19.1. The number of anilines is 1. The molecule has 36 heavy (non-hydrogen) atoms. The van der Waals surface area contributed by atoms with Gasteiger partial charge in [0.05, 0.1) is 29.1 Å². The third-order valence-corrected chi connectivity index (χ3v) is 6.01. The molecule has 1 heterocycles. The van der Waals surface area contributed by atoms with Crippen molar-refractivity contribution in [2.24, 2.45) is 4.99 Å². The molecule has 0 bridgehead atoms. The monoisotopic (exact) mass is 492 g/mol. The smallest absolute Gasteiger partial charge is 0.272 e. The van der Waals surface area contributed by atoms with E-state index in [4.69, 9.17) is 0 Å². The molecule has 186 valence electrons. The molecule has 1 aliphatic heterocycles. The number of rotatable bonds is 7. The summed E-state index contributed by atoms with van der Waals surface area (Å²) >= 11 is 0. The first-order chi connectivity index (χ1) is 17.3. The fraction of sp³-hybridized carbons (Fsp3) is 0.222. The second kappa shape index (κ2) is 10.8. The van der Waals surface area contributed by atoms with Crippen LogP contribution in [0.1, 0.15) is 29.7 Å². The number of likely N-dealkylation sites (N-methyl/N-ethyl adjacent to an activating group) is 1. The lowest BCUT2D eigenvalue weighted by atomic mass is 10.0. The van der Waals surface area contributed by atoms with E-state index >= 15 is 0 Å². The van der Waals surface area contributed by atoms with E-state index in [0.29, 0.717) is 11.4 Å². The van der Waals surface area contributed by atoms with Crippen molar-refractivity contribution in [1.29, 1.82) is 0 Å². The highest BCUT2D eigenvalue weighted by molar-refractivity contribution is 6.20. The number of fused-ring (bicyclic) bond motifs is 1. The maximum atomic E-state index is 13.9. The number of aliphatic imine (C=N–C) groups is 1. The fourth-order valence-corrected chi connectivity index (χ4v) is 4.01. The number of para-hydroxylation sites is 1. The van der Waals surface area contributed by atoms with Gasteiger partial charge in [-0.15, -0.1) is 0 Å². The van der Waals surface area contributed by atoms with Crippen molar-refractivity contribution in [2.45, 2.75) is 25.2 Å². The molecule has 1 aliphatic rings. The number of nitrogens with one attached hydrogen (secondary N) is 2. The van der Waals surface area contributed by atoms with Crippen LogP contribution >= 0.6 is 0 Å². The Morgan fingerprint density at radius 2 is 1.67 bits per heavy atom. The number of amides is 2. The van der Waals surface area contributed by atoms with Crippen molar-refractivity contribution in [1.82, 2.24) is 10.6 Å². The number of benzene rings is 3. The van der Waals surface area contributed by atoms with Crippen LogP contribution in [0.3, 0.4) is 0 Å². The van der Waals surface area contributed by atoms with Crippen LogP contribution in [0.4, 0.5) is 14.5 Å². The largest absolute Gasteiger partial charge is 0.387 e. The summed E-state index contributed by atoms with van der Waals surface area (Å²) in [7, 11) is 1.62. The average molecular weight is 493 g/mol. The van der Waals surface area contributed by atoms with Gasteiger partial charge in [0.2, 0.25) is 12.1 Å². The molecule has 4 rings (SSSR count). The normalized spacial score (nSPS) is 17.0. The highest BCUT2D eigenvalue weighted by Gasteiger charge is 2.32. The van der Waals surface area contributed by atoms with Gasteiger partial charge in [-0.2, -0.15) is 0 Å². The SMILES string of the molecule is C[C@H](NC[C@@H](O)c1c(F)cccc1F)C(=O)NC1N=C(c2ccccc2)c2ccccc2N(C)C1=O. The van der Waals surface area contributed by atoms with Crippen LogP contribution < -0.4 is 15.5 Å². The van der Waals surface area contributed by atoms with E-state index in [-0.39, 0.29) is 6.54 Å². The number of carbonyl (C=O) groups excluding carboxylic acids is 2. The van der Waals surface area contributed by atoms with Crippen LogP contribution in [0.15, 0.2) is 77.8 Å². The first-order valence-corrected chi connectivity index (χ1v) is 11.4. The van der Waals surface area contributed by atoms with Gasteiger partial charge in [0, 0.05) is 24.7 Å². The van der Waals surface area contributed by atoms with Gasteiger partial charge in [-0.3, -0.25) is 9.59 Å². The molecular weight excluding hydrogens is 466 g/mol. The number of hydrogen-bond acceptors (Lipinski definition) is 5. The average Bonchev–Trinajstić information content (AvgIpc) is 2.98. The van der Waals surface area contributed by atoms with E-state index in [1.165, 1.54) is 17.9 Å². The zero-order valence-corrected chi connectivity index (χ0v) is 19.8. The zero-order valence-electron chi connectivity index (χ0n) is 19.8. The summed E-state index contributed by atoms with van der Waals surface area (Å²) in [6.07, 6.45) is -2.72.